The smallest absolute Gasteiger partial charge is 0.212 e. The second-order valence-corrected chi connectivity index (χ2v) is 5.82. The van der Waals surface area contributed by atoms with Crippen LogP contribution in [0.25, 0.3) is 0 Å². The van der Waals surface area contributed by atoms with Crippen LogP contribution in [-0.4, -0.2) is 44.1 Å². The molecule has 0 saturated carbocycles. The third-order valence-electron chi connectivity index (χ3n) is 2.55. The van der Waals surface area contributed by atoms with Gasteiger partial charge in [-0.2, -0.15) is 0 Å². The molecule has 1 saturated heterocycles. The van der Waals surface area contributed by atoms with Gasteiger partial charge in [-0.05, 0) is 18.9 Å². The minimum absolute atomic E-state index is 0.00954. The Hall–Kier alpha value is -1.14. The number of hydrogen-bond acceptors (Lipinski definition) is 4. The topological polar surface area (TPSA) is 59.0 Å². The van der Waals surface area contributed by atoms with Crippen molar-refractivity contribution in [3.05, 3.63) is 25.4 Å². The molecule has 17 heavy (non-hydrogen) atoms. The van der Waals surface area contributed by atoms with Gasteiger partial charge in [0.25, 0.3) is 0 Å². The van der Waals surface area contributed by atoms with E-state index in [9.17, 15) is 8.42 Å². The number of piperidine rings is 1. The minimum Gasteiger partial charge on any atom is -0.474 e. The Balaban J connectivity index is 2.50. The highest BCUT2D eigenvalue weighted by atomic mass is 32.2. The van der Waals surface area contributed by atoms with Crippen molar-refractivity contribution in [2.75, 3.05) is 19.3 Å². The molecular formula is C11H18N2O3S. The van der Waals surface area contributed by atoms with E-state index in [2.05, 4.69) is 18.2 Å². The first-order valence-electron chi connectivity index (χ1n) is 5.40. The van der Waals surface area contributed by atoms with Crippen LogP contribution < -0.4 is 0 Å². The highest BCUT2D eigenvalue weighted by molar-refractivity contribution is 7.88. The van der Waals surface area contributed by atoms with Gasteiger partial charge >= 0.3 is 0 Å². The first kappa shape index (κ1) is 13.9. The van der Waals surface area contributed by atoms with Gasteiger partial charge < -0.3 is 4.74 Å². The summed E-state index contributed by atoms with van der Waals surface area (Å²) in [6.07, 6.45) is 5.45. The summed E-state index contributed by atoms with van der Waals surface area (Å²) >= 11 is 0. The van der Waals surface area contributed by atoms with E-state index in [4.69, 9.17) is 4.74 Å². The number of hydrogen-bond donors (Lipinski definition) is 0. The molecule has 6 heteroatoms. The molecule has 0 amide bonds. The SMILES string of the molecule is C=CN=C(C=C)OC1CCN(S(C)(=O)=O)CC1. The van der Waals surface area contributed by atoms with Gasteiger partial charge in [-0.1, -0.05) is 13.2 Å². The Bertz CT molecular complexity index is 406. The number of rotatable bonds is 4. The zero-order valence-electron chi connectivity index (χ0n) is 10.0. The Morgan fingerprint density at radius 3 is 2.41 bits per heavy atom. The van der Waals surface area contributed by atoms with E-state index in [0.29, 0.717) is 31.8 Å². The zero-order valence-corrected chi connectivity index (χ0v) is 10.8. The summed E-state index contributed by atoms with van der Waals surface area (Å²) in [6.45, 7) is 8.05. The van der Waals surface area contributed by atoms with Gasteiger partial charge in [-0.3, -0.25) is 0 Å². The second kappa shape index (κ2) is 5.97. The maximum atomic E-state index is 11.3. The van der Waals surface area contributed by atoms with Crippen LogP contribution in [0.3, 0.4) is 0 Å². The molecule has 1 aliphatic heterocycles. The fraction of sp³-hybridized carbons (Fsp3) is 0.545. The minimum atomic E-state index is -3.08. The van der Waals surface area contributed by atoms with Crippen molar-refractivity contribution in [2.45, 2.75) is 18.9 Å². The van der Waals surface area contributed by atoms with Gasteiger partial charge in [0.2, 0.25) is 15.9 Å². The fourth-order valence-electron chi connectivity index (χ4n) is 1.67. The Labute approximate surface area is 103 Å². The van der Waals surface area contributed by atoms with Crippen LogP contribution in [0, 0.1) is 0 Å². The van der Waals surface area contributed by atoms with E-state index >= 15 is 0 Å². The van der Waals surface area contributed by atoms with E-state index < -0.39 is 10.0 Å². The molecule has 1 rings (SSSR count). The van der Waals surface area contributed by atoms with Gasteiger partial charge in [-0.25, -0.2) is 17.7 Å². The molecule has 0 N–H and O–H groups in total. The molecule has 5 nitrogen and oxygen atoms in total. The van der Waals surface area contributed by atoms with Crippen molar-refractivity contribution in [1.29, 1.82) is 0 Å². The number of sulfonamides is 1. The van der Waals surface area contributed by atoms with Crippen molar-refractivity contribution in [3.63, 3.8) is 0 Å². The normalized spacial score (nSPS) is 19.9. The van der Waals surface area contributed by atoms with E-state index in [1.807, 2.05) is 0 Å². The Morgan fingerprint density at radius 2 is 2.00 bits per heavy atom. The maximum Gasteiger partial charge on any atom is 0.212 e. The molecule has 0 aromatic heterocycles. The quantitative estimate of drug-likeness (QED) is 0.561. The van der Waals surface area contributed by atoms with E-state index in [-0.39, 0.29) is 6.10 Å². The van der Waals surface area contributed by atoms with Gasteiger partial charge in [0.05, 0.1) is 6.26 Å². The van der Waals surface area contributed by atoms with E-state index in [0.717, 1.165) is 0 Å². The molecule has 0 spiro atoms. The van der Waals surface area contributed by atoms with Gasteiger partial charge in [0.1, 0.15) is 6.10 Å². The molecule has 1 heterocycles. The summed E-state index contributed by atoms with van der Waals surface area (Å²) in [5.41, 5.74) is 0. The number of ether oxygens (including phenoxy) is 1. The second-order valence-electron chi connectivity index (χ2n) is 3.83. The largest absolute Gasteiger partial charge is 0.474 e. The third-order valence-corrected chi connectivity index (χ3v) is 3.85. The molecule has 1 fully saturated rings. The van der Waals surface area contributed by atoms with Gasteiger partial charge in [0, 0.05) is 19.3 Å². The number of aliphatic imine (C=N–C) groups is 1. The summed E-state index contributed by atoms with van der Waals surface area (Å²) in [5, 5.41) is 0. The average Bonchev–Trinajstić information content (AvgIpc) is 2.28. The van der Waals surface area contributed by atoms with Crippen LogP contribution in [0.15, 0.2) is 30.4 Å². The summed E-state index contributed by atoms with van der Waals surface area (Å²) in [5.74, 6) is 0.429. The lowest BCUT2D eigenvalue weighted by atomic mass is 10.1. The summed E-state index contributed by atoms with van der Waals surface area (Å²) < 4.78 is 29.7. The lowest BCUT2D eigenvalue weighted by molar-refractivity contribution is 0.126. The van der Waals surface area contributed by atoms with Crippen molar-refractivity contribution >= 4 is 15.9 Å². The lowest BCUT2D eigenvalue weighted by Gasteiger charge is -2.30. The molecule has 0 bridgehead atoms. The molecule has 96 valence electrons. The lowest BCUT2D eigenvalue weighted by Crippen LogP contribution is -2.40. The summed E-state index contributed by atoms with van der Waals surface area (Å²) in [7, 11) is -3.08. The zero-order chi connectivity index (χ0) is 12.9. The maximum absolute atomic E-state index is 11.3. The summed E-state index contributed by atoms with van der Waals surface area (Å²) in [4.78, 5) is 3.91. The van der Waals surface area contributed by atoms with Crippen LogP contribution in [0.2, 0.25) is 0 Å². The standard InChI is InChI=1S/C11H18N2O3S/c1-4-11(12-5-2)16-10-6-8-13(9-7-10)17(3,14)15/h4-5,10H,1-2,6-9H2,3H3. The van der Waals surface area contributed by atoms with E-state index in [1.54, 1.807) is 0 Å². The number of nitrogens with zero attached hydrogens (tertiary/aromatic N) is 2. The Kier molecular flexibility index (Phi) is 4.89. The molecule has 1 aliphatic rings. The predicted octanol–water partition coefficient (Wildman–Crippen LogP) is 1.16. The molecule has 0 radical (unpaired) electrons. The Morgan fingerprint density at radius 1 is 1.41 bits per heavy atom. The van der Waals surface area contributed by atoms with Crippen LogP contribution in [0.1, 0.15) is 12.8 Å². The van der Waals surface area contributed by atoms with Crippen LogP contribution >= 0.6 is 0 Å². The van der Waals surface area contributed by atoms with E-state index in [1.165, 1.54) is 22.8 Å². The van der Waals surface area contributed by atoms with Gasteiger partial charge in [-0.15, -0.1) is 0 Å². The van der Waals surface area contributed by atoms with Gasteiger partial charge in [0.15, 0.2) is 0 Å². The first-order valence-corrected chi connectivity index (χ1v) is 7.25. The highest BCUT2D eigenvalue weighted by Crippen LogP contribution is 2.16. The van der Waals surface area contributed by atoms with Crippen LogP contribution in [0.4, 0.5) is 0 Å². The van der Waals surface area contributed by atoms with Crippen molar-refractivity contribution in [1.82, 2.24) is 4.31 Å². The molecule has 0 atom stereocenters. The molecule has 0 unspecified atom stereocenters. The van der Waals surface area contributed by atoms with Crippen molar-refractivity contribution in [2.24, 2.45) is 4.99 Å². The predicted molar refractivity (Wildman–Crippen MR) is 68.4 cm³/mol. The monoisotopic (exact) mass is 258 g/mol. The van der Waals surface area contributed by atoms with Crippen LogP contribution in [0.5, 0.6) is 0 Å². The third kappa shape index (κ3) is 4.32. The highest BCUT2D eigenvalue weighted by Gasteiger charge is 2.26. The molecule has 0 aromatic carbocycles. The van der Waals surface area contributed by atoms with Crippen molar-refractivity contribution < 1.29 is 13.2 Å². The first-order chi connectivity index (χ1) is 7.97. The molecular weight excluding hydrogens is 240 g/mol. The molecule has 0 aromatic rings. The van der Waals surface area contributed by atoms with Crippen molar-refractivity contribution in [3.8, 4) is 0 Å². The summed E-state index contributed by atoms with van der Waals surface area (Å²) in [6, 6.07) is 0. The fourth-order valence-corrected chi connectivity index (χ4v) is 2.55. The van der Waals surface area contributed by atoms with Crippen LogP contribution in [-0.2, 0) is 14.8 Å². The molecule has 0 aliphatic carbocycles. The average molecular weight is 258 g/mol.